The van der Waals surface area contributed by atoms with Crippen molar-refractivity contribution in [3.63, 3.8) is 0 Å². The van der Waals surface area contributed by atoms with E-state index in [1.54, 1.807) is 4.90 Å². The van der Waals surface area contributed by atoms with E-state index in [4.69, 9.17) is 4.74 Å². The summed E-state index contributed by atoms with van der Waals surface area (Å²) in [5.41, 5.74) is 2.00. The van der Waals surface area contributed by atoms with E-state index in [2.05, 4.69) is 16.0 Å². The van der Waals surface area contributed by atoms with Gasteiger partial charge in [-0.05, 0) is 44.9 Å². The highest BCUT2D eigenvalue weighted by Crippen LogP contribution is 2.32. The predicted molar refractivity (Wildman–Crippen MR) is 127 cm³/mol. The molecule has 2 aliphatic heterocycles. The molecule has 1 unspecified atom stereocenters. The Labute approximate surface area is 195 Å². The molecule has 0 radical (unpaired) electrons. The number of carbonyl (C=O) groups excluding carboxylic acids is 2. The van der Waals surface area contributed by atoms with Crippen molar-refractivity contribution in [2.24, 2.45) is 0 Å². The average molecular weight is 451 g/mol. The second-order valence-electron chi connectivity index (χ2n) is 8.97. The zero-order valence-corrected chi connectivity index (χ0v) is 19.5. The number of ether oxygens (including phenoxy) is 1. The van der Waals surface area contributed by atoms with Crippen molar-refractivity contribution < 1.29 is 14.3 Å². The molecule has 2 heterocycles. The lowest BCUT2D eigenvalue weighted by atomic mass is 9.98. The van der Waals surface area contributed by atoms with Crippen molar-refractivity contribution >= 4 is 11.8 Å². The molecule has 2 aliphatic rings. The van der Waals surface area contributed by atoms with E-state index < -0.39 is 12.1 Å². The largest absolute Gasteiger partial charge is 0.353 e. The zero-order chi connectivity index (χ0) is 23.4. The van der Waals surface area contributed by atoms with Crippen LogP contribution in [0.2, 0.25) is 0 Å². The minimum Gasteiger partial charge on any atom is -0.353 e. The first kappa shape index (κ1) is 23.4. The van der Waals surface area contributed by atoms with Gasteiger partial charge in [0.2, 0.25) is 11.8 Å². The number of hydrogen-bond donors (Lipinski definition) is 3. The molecule has 4 rings (SSSR count). The Morgan fingerprint density at radius 3 is 2.24 bits per heavy atom. The fourth-order valence-corrected chi connectivity index (χ4v) is 4.70. The van der Waals surface area contributed by atoms with Crippen molar-refractivity contribution in [2.75, 3.05) is 13.6 Å². The number of rotatable bonds is 8. The van der Waals surface area contributed by atoms with E-state index in [1.165, 1.54) is 0 Å². The minimum atomic E-state index is -0.545. The van der Waals surface area contributed by atoms with Crippen LogP contribution in [0.3, 0.4) is 0 Å². The van der Waals surface area contributed by atoms with Gasteiger partial charge in [0.15, 0.2) is 0 Å². The molecule has 7 nitrogen and oxygen atoms in total. The van der Waals surface area contributed by atoms with Crippen LogP contribution in [0.5, 0.6) is 0 Å². The molecule has 0 saturated carbocycles. The van der Waals surface area contributed by atoms with Gasteiger partial charge < -0.3 is 25.6 Å². The Bertz CT molecular complexity index is 900. The first-order valence-electron chi connectivity index (χ1n) is 11.8. The summed E-state index contributed by atoms with van der Waals surface area (Å²) in [6, 6.07) is 18.7. The van der Waals surface area contributed by atoms with E-state index in [-0.39, 0.29) is 36.2 Å². The third-order valence-corrected chi connectivity index (χ3v) is 6.69. The Morgan fingerprint density at radius 2 is 1.67 bits per heavy atom. The molecule has 33 heavy (non-hydrogen) atoms. The van der Waals surface area contributed by atoms with Crippen molar-refractivity contribution in [1.29, 1.82) is 0 Å². The van der Waals surface area contributed by atoms with Gasteiger partial charge in [0.25, 0.3) is 0 Å². The first-order valence-corrected chi connectivity index (χ1v) is 11.8. The van der Waals surface area contributed by atoms with E-state index in [0.29, 0.717) is 19.4 Å². The smallest absolute Gasteiger partial charge is 0.245 e. The number of likely N-dealkylation sites (N-methyl/N-ethyl adjacent to an activating group) is 1. The van der Waals surface area contributed by atoms with Gasteiger partial charge in [-0.15, -0.1) is 0 Å². The highest BCUT2D eigenvalue weighted by Gasteiger charge is 2.49. The van der Waals surface area contributed by atoms with Crippen molar-refractivity contribution in [2.45, 2.75) is 63.2 Å². The predicted octanol–water partition coefficient (Wildman–Crippen LogP) is 2.19. The average Bonchev–Trinajstić information content (AvgIpc) is 3.27. The number of nitrogens with zero attached hydrogens (tertiary/aromatic N) is 1. The van der Waals surface area contributed by atoms with Crippen LogP contribution in [0.1, 0.15) is 43.9 Å². The standard InChI is InChI=1S/C26H34N4O3/c1-17(27-3)16-28-23-18(2)33-22-15-14-21(30(22)26(23)32)25(31)29-24(19-10-6-4-7-11-19)20-12-8-5-9-13-20/h4-13,17-18,21-24,27-28H,14-16H2,1-3H3,(H,29,31)/t17-,18+,21?,22-,23-/m0/s1. The normalized spacial score (nSPS) is 25.7. The van der Waals surface area contributed by atoms with Crippen molar-refractivity contribution in [3.8, 4) is 0 Å². The van der Waals surface area contributed by atoms with Gasteiger partial charge in [-0.3, -0.25) is 9.59 Å². The highest BCUT2D eigenvalue weighted by molar-refractivity contribution is 5.91. The summed E-state index contributed by atoms with van der Waals surface area (Å²) in [5, 5.41) is 9.71. The van der Waals surface area contributed by atoms with E-state index in [9.17, 15) is 9.59 Å². The van der Waals surface area contributed by atoms with Gasteiger partial charge in [-0.1, -0.05) is 60.7 Å². The molecule has 0 bridgehead atoms. The van der Waals surface area contributed by atoms with Gasteiger partial charge in [-0.2, -0.15) is 0 Å². The van der Waals surface area contributed by atoms with Crippen LogP contribution in [0.25, 0.3) is 0 Å². The van der Waals surface area contributed by atoms with Crippen LogP contribution < -0.4 is 16.0 Å². The van der Waals surface area contributed by atoms with Crippen molar-refractivity contribution in [3.05, 3.63) is 71.8 Å². The van der Waals surface area contributed by atoms with E-state index >= 15 is 0 Å². The van der Waals surface area contributed by atoms with Crippen LogP contribution in [0, 0.1) is 0 Å². The number of carbonyl (C=O) groups is 2. The van der Waals surface area contributed by atoms with E-state index in [0.717, 1.165) is 11.1 Å². The van der Waals surface area contributed by atoms with Gasteiger partial charge >= 0.3 is 0 Å². The van der Waals surface area contributed by atoms with Crippen LogP contribution in [0.15, 0.2) is 60.7 Å². The second kappa shape index (κ2) is 10.5. The maximum Gasteiger partial charge on any atom is 0.245 e. The lowest BCUT2D eigenvalue weighted by molar-refractivity contribution is -0.177. The number of nitrogens with one attached hydrogen (secondary N) is 3. The molecule has 2 fully saturated rings. The third-order valence-electron chi connectivity index (χ3n) is 6.69. The molecule has 0 aliphatic carbocycles. The van der Waals surface area contributed by atoms with Gasteiger partial charge in [0.1, 0.15) is 18.3 Å². The fraction of sp³-hybridized carbons (Fsp3) is 0.462. The number of amides is 2. The lowest BCUT2D eigenvalue weighted by Crippen LogP contribution is -2.64. The molecule has 0 aromatic heterocycles. The fourth-order valence-electron chi connectivity index (χ4n) is 4.70. The first-order chi connectivity index (χ1) is 16.0. The molecule has 2 saturated heterocycles. The Balaban J connectivity index is 1.52. The topological polar surface area (TPSA) is 82.7 Å². The monoisotopic (exact) mass is 450 g/mol. The summed E-state index contributed by atoms with van der Waals surface area (Å²) in [5.74, 6) is -0.209. The molecule has 7 heteroatoms. The van der Waals surface area contributed by atoms with Crippen LogP contribution in [-0.2, 0) is 14.3 Å². The molecule has 3 N–H and O–H groups in total. The second-order valence-corrected chi connectivity index (χ2v) is 8.97. The van der Waals surface area contributed by atoms with Gasteiger partial charge in [0, 0.05) is 12.6 Å². The van der Waals surface area contributed by atoms with Crippen molar-refractivity contribution in [1.82, 2.24) is 20.9 Å². The summed E-state index contributed by atoms with van der Waals surface area (Å²) in [6.45, 7) is 4.61. The molecular formula is C26H34N4O3. The minimum absolute atomic E-state index is 0.0596. The molecule has 5 atom stereocenters. The molecular weight excluding hydrogens is 416 g/mol. The molecule has 2 aromatic carbocycles. The third kappa shape index (κ3) is 5.11. The Morgan fingerprint density at radius 1 is 1.06 bits per heavy atom. The van der Waals surface area contributed by atoms with Crippen LogP contribution >= 0.6 is 0 Å². The van der Waals surface area contributed by atoms with Gasteiger partial charge in [-0.25, -0.2) is 0 Å². The van der Waals surface area contributed by atoms with Gasteiger partial charge in [0.05, 0.1) is 12.1 Å². The highest BCUT2D eigenvalue weighted by atomic mass is 16.5. The Hall–Kier alpha value is -2.74. The molecule has 2 amide bonds. The van der Waals surface area contributed by atoms with E-state index in [1.807, 2.05) is 81.6 Å². The summed E-state index contributed by atoms with van der Waals surface area (Å²) < 4.78 is 6.16. The number of fused-ring (bicyclic) bond motifs is 1. The maximum atomic E-state index is 13.5. The molecule has 176 valence electrons. The molecule has 0 spiro atoms. The SMILES string of the molecule is CN[C@@H](C)CN[C@@H]1C(=O)N2C(C(=O)NC(c3ccccc3)c3ccccc3)CC[C@@H]2O[C@@H]1C. The summed E-state index contributed by atoms with van der Waals surface area (Å²) >= 11 is 0. The summed E-state index contributed by atoms with van der Waals surface area (Å²) in [6.07, 6.45) is 0.654. The van der Waals surface area contributed by atoms with Crippen LogP contribution in [0.4, 0.5) is 0 Å². The summed E-state index contributed by atoms with van der Waals surface area (Å²) in [4.78, 5) is 28.6. The Kier molecular flexibility index (Phi) is 7.42. The number of hydrogen-bond acceptors (Lipinski definition) is 5. The quantitative estimate of drug-likeness (QED) is 0.574. The lowest BCUT2D eigenvalue weighted by Gasteiger charge is -2.41. The molecule has 2 aromatic rings. The zero-order valence-electron chi connectivity index (χ0n) is 19.5. The van der Waals surface area contributed by atoms with Crippen LogP contribution in [-0.4, -0.2) is 60.8 Å². The maximum absolute atomic E-state index is 13.5. The summed E-state index contributed by atoms with van der Waals surface area (Å²) in [7, 11) is 1.89. The number of benzene rings is 2.